The summed E-state index contributed by atoms with van der Waals surface area (Å²) >= 11 is 0. The minimum absolute atomic E-state index is 0. The maximum absolute atomic E-state index is 13.4. The first-order valence-electron chi connectivity index (χ1n) is 14.2. The molecule has 0 bridgehead atoms. The molecule has 3 aliphatic heterocycles. The molecule has 7 nitrogen and oxygen atoms in total. The topological polar surface area (TPSA) is 73.3 Å². The molecule has 3 aliphatic rings. The summed E-state index contributed by atoms with van der Waals surface area (Å²) < 4.78 is 45.2. The second-order valence-electron chi connectivity index (χ2n) is 10.9. The van der Waals surface area contributed by atoms with Crippen LogP contribution in [0.5, 0.6) is 0 Å². The zero-order valence-corrected chi connectivity index (χ0v) is 25.9. The Morgan fingerprint density at radius 2 is 1.29 bits per heavy atom. The normalized spacial score (nSPS) is 20.6. The molecule has 0 aliphatic carbocycles. The van der Waals surface area contributed by atoms with Gasteiger partial charge in [-0.15, -0.1) is 24.8 Å². The molecule has 1 aromatic rings. The number of carbonyl (C=O) groups is 2. The van der Waals surface area contributed by atoms with Crippen LogP contribution in [-0.4, -0.2) is 85.2 Å². The van der Waals surface area contributed by atoms with E-state index in [1.165, 1.54) is 32.1 Å². The van der Waals surface area contributed by atoms with Gasteiger partial charge in [0.25, 0.3) is 0 Å². The molecule has 236 valence electrons. The lowest BCUT2D eigenvalue weighted by molar-refractivity contribution is -0.138. The minimum atomic E-state index is -4.53. The van der Waals surface area contributed by atoms with Crippen molar-refractivity contribution < 1.29 is 32.6 Å². The van der Waals surface area contributed by atoms with Crippen molar-refractivity contribution in [3.8, 4) is 0 Å². The molecule has 0 aromatic heterocycles. The molecule has 1 atom stereocenters. The van der Waals surface area contributed by atoms with Crippen LogP contribution in [0.1, 0.15) is 68.4 Å². The highest BCUT2D eigenvalue weighted by molar-refractivity contribution is 5.99. The van der Waals surface area contributed by atoms with Crippen LogP contribution in [0.15, 0.2) is 46.8 Å². The van der Waals surface area contributed by atoms with Gasteiger partial charge in [-0.25, -0.2) is 9.59 Å². The highest BCUT2D eigenvalue weighted by Crippen LogP contribution is 2.44. The Balaban J connectivity index is 0.00000308. The molecule has 1 aromatic carbocycles. The molecule has 0 spiro atoms. The largest absolute Gasteiger partial charge is 0.478 e. The highest BCUT2D eigenvalue weighted by Gasteiger charge is 2.41. The molecule has 12 heteroatoms. The lowest BCUT2D eigenvalue weighted by atomic mass is 9.78. The van der Waals surface area contributed by atoms with Crippen LogP contribution in [0.4, 0.5) is 13.2 Å². The zero-order valence-electron chi connectivity index (χ0n) is 24.3. The van der Waals surface area contributed by atoms with Crippen molar-refractivity contribution in [3.63, 3.8) is 0 Å². The smallest absolute Gasteiger partial charge is 0.416 e. The predicted octanol–water partition coefficient (Wildman–Crippen LogP) is 6.10. The third-order valence-corrected chi connectivity index (χ3v) is 8.44. The van der Waals surface area contributed by atoms with E-state index in [1.54, 1.807) is 7.05 Å². The fourth-order valence-electron chi connectivity index (χ4n) is 6.29. The average molecular weight is 637 g/mol. The van der Waals surface area contributed by atoms with E-state index in [9.17, 15) is 27.9 Å². The summed E-state index contributed by atoms with van der Waals surface area (Å²) in [5.74, 6) is -2.91. The molecule has 0 radical (unpaired) electrons. The van der Waals surface area contributed by atoms with Gasteiger partial charge in [0.1, 0.15) is 0 Å². The maximum atomic E-state index is 13.4. The van der Waals surface area contributed by atoms with Crippen molar-refractivity contribution in [3.05, 3.63) is 57.9 Å². The number of hydrogen-bond donors (Lipinski definition) is 1. The number of hydrogen-bond acceptors (Lipinski definition) is 6. The zero-order chi connectivity index (χ0) is 28.9. The fourth-order valence-corrected chi connectivity index (χ4v) is 6.29. The predicted molar refractivity (Wildman–Crippen MR) is 160 cm³/mol. The number of piperidine rings is 2. The lowest BCUT2D eigenvalue weighted by Crippen LogP contribution is -2.38. The van der Waals surface area contributed by atoms with E-state index in [1.807, 2.05) is 4.90 Å². The minimum Gasteiger partial charge on any atom is -0.478 e. The Morgan fingerprint density at radius 3 is 1.69 bits per heavy atom. The van der Waals surface area contributed by atoms with Crippen molar-refractivity contribution in [2.75, 3.05) is 53.4 Å². The van der Waals surface area contributed by atoms with Crippen molar-refractivity contribution in [1.29, 1.82) is 0 Å². The van der Waals surface area contributed by atoms with Gasteiger partial charge in [0.15, 0.2) is 0 Å². The SMILES string of the molecule is COC(=O)C1=C(CCN2CCCCC2)N(C)C(CCN2CCCCC2)=C(C(=O)O)C1c1ccc(C(F)(F)F)cc1.Cl.Cl. The Bertz CT molecular complexity index is 1130. The number of esters is 1. The van der Waals surface area contributed by atoms with E-state index in [-0.39, 0.29) is 36.0 Å². The summed E-state index contributed by atoms with van der Waals surface area (Å²) in [6.45, 7) is 5.19. The number of aliphatic carboxylic acids is 1. The number of likely N-dealkylation sites (tertiary alicyclic amines) is 2. The number of halogens is 5. The number of carboxylic acid groups (broad SMARTS) is 1. The first-order chi connectivity index (χ1) is 19.1. The van der Waals surface area contributed by atoms with Crippen LogP contribution in [0.3, 0.4) is 0 Å². The summed E-state index contributed by atoms with van der Waals surface area (Å²) in [7, 11) is 3.04. The van der Waals surface area contributed by atoms with E-state index in [2.05, 4.69) is 9.80 Å². The Hall–Kier alpha value is -2.27. The molecule has 1 unspecified atom stereocenters. The quantitative estimate of drug-likeness (QED) is 0.329. The second kappa shape index (κ2) is 16.0. The molecule has 4 rings (SSSR count). The number of carbonyl (C=O) groups excluding carboxylic acids is 1. The lowest BCUT2D eigenvalue weighted by Gasteiger charge is -2.39. The van der Waals surface area contributed by atoms with E-state index in [4.69, 9.17) is 4.74 Å². The third kappa shape index (κ3) is 8.42. The number of nitrogens with zero attached hydrogens (tertiary/aromatic N) is 3. The van der Waals surface area contributed by atoms with Gasteiger partial charge in [0.2, 0.25) is 0 Å². The van der Waals surface area contributed by atoms with E-state index in [0.29, 0.717) is 42.9 Å². The van der Waals surface area contributed by atoms with Crippen LogP contribution in [0, 0.1) is 0 Å². The van der Waals surface area contributed by atoms with Crippen molar-refractivity contribution >= 4 is 36.8 Å². The molecule has 2 saturated heterocycles. The standard InChI is InChI=1S/C30H40F3N3O4.2ClH/c1-34-23(13-19-35-15-5-3-6-16-35)26(28(37)38)25(21-9-11-22(12-10-21)30(31,32)33)27(29(39)40-2)24(34)14-20-36-17-7-4-8-18-36;;/h9-12,25H,3-8,13-20H2,1-2H3,(H,37,38);2*1H. The summed E-state index contributed by atoms with van der Waals surface area (Å²) in [6.07, 6.45) is 3.21. The number of rotatable bonds is 9. The van der Waals surface area contributed by atoms with Gasteiger partial charge in [-0.2, -0.15) is 13.2 Å². The van der Waals surface area contributed by atoms with Crippen LogP contribution in [0.2, 0.25) is 0 Å². The van der Waals surface area contributed by atoms with Crippen molar-refractivity contribution in [2.45, 2.75) is 63.5 Å². The summed E-state index contributed by atoms with van der Waals surface area (Å²) in [5, 5.41) is 10.5. The van der Waals surface area contributed by atoms with Gasteiger partial charge >= 0.3 is 18.1 Å². The number of benzene rings is 1. The van der Waals surface area contributed by atoms with Crippen LogP contribution >= 0.6 is 24.8 Å². The first kappa shape index (κ1) is 35.9. The van der Waals surface area contributed by atoms with Crippen molar-refractivity contribution in [1.82, 2.24) is 14.7 Å². The summed E-state index contributed by atoms with van der Waals surface area (Å²) in [6, 6.07) is 4.47. The average Bonchev–Trinajstić information content (AvgIpc) is 2.95. The van der Waals surface area contributed by atoms with Gasteiger partial charge in [0, 0.05) is 44.4 Å². The highest BCUT2D eigenvalue weighted by atomic mass is 35.5. The van der Waals surface area contributed by atoms with Crippen LogP contribution < -0.4 is 0 Å². The van der Waals surface area contributed by atoms with Crippen LogP contribution in [-0.2, 0) is 20.5 Å². The molecule has 0 amide bonds. The molecule has 42 heavy (non-hydrogen) atoms. The Labute approximate surface area is 258 Å². The van der Waals surface area contributed by atoms with Crippen LogP contribution in [0.25, 0.3) is 0 Å². The third-order valence-electron chi connectivity index (χ3n) is 8.44. The van der Waals surface area contributed by atoms with Gasteiger partial charge < -0.3 is 24.5 Å². The first-order valence-corrected chi connectivity index (χ1v) is 14.2. The second-order valence-corrected chi connectivity index (χ2v) is 10.9. The molecule has 3 heterocycles. The van der Waals surface area contributed by atoms with Gasteiger partial charge in [-0.1, -0.05) is 25.0 Å². The number of carboxylic acids is 1. The van der Waals surface area contributed by atoms with E-state index in [0.717, 1.165) is 64.0 Å². The molecule has 2 fully saturated rings. The van der Waals surface area contributed by atoms with Gasteiger partial charge in [0.05, 0.1) is 29.7 Å². The fraction of sp³-hybridized carbons (Fsp3) is 0.600. The van der Waals surface area contributed by atoms with Gasteiger partial charge in [-0.3, -0.25) is 0 Å². The number of methoxy groups -OCH3 is 1. The van der Waals surface area contributed by atoms with E-state index >= 15 is 0 Å². The van der Waals surface area contributed by atoms with Crippen molar-refractivity contribution in [2.24, 2.45) is 0 Å². The Morgan fingerprint density at radius 1 is 0.833 bits per heavy atom. The van der Waals surface area contributed by atoms with E-state index < -0.39 is 29.6 Å². The summed E-state index contributed by atoms with van der Waals surface area (Å²) in [4.78, 5) is 32.7. The molecule has 0 saturated carbocycles. The molecular weight excluding hydrogens is 594 g/mol. The Kier molecular flexibility index (Phi) is 13.7. The molecular formula is C30H42Cl2F3N3O4. The number of ether oxygens (including phenoxy) is 1. The maximum Gasteiger partial charge on any atom is 0.416 e. The molecule has 1 N–H and O–H groups in total. The monoisotopic (exact) mass is 635 g/mol. The van der Waals surface area contributed by atoms with Gasteiger partial charge in [-0.05, 0) is 69.6 Å². The summed E-state index contributed by atoms with van der Waals surface area (Å²) in [5.41, 5.74) is 0.946. The number of alkyl halides is 3.